The van der Waals surface area contributed by atoms with E-state index in [1.807, 2.05) is 32.1 Å². The summed E-state index contributed by atoms with van der Waals surface area (Å²) in [7, 11) is 0. The molecular weight excluding hydrogens is 495 g/mol. The van der Waals surface area contributed by atoms with Crippen LogP contribution in [0.4, 0.5) is 4.39 Å². The van der Waals surface area contributed by atoms with Crippen LogP contribution in [0.3, 0.4) is 0 Å². The van der Waals surface area contributed by atoms with E-state index in [0.717, 1.165) is 42.3 Å². The Morgan fingerprint density at radius 1 is 1.13 bits per heavy atom. The second-order valence-corrected chi connectivity index (χ2v) is 9.77. The molecule has 0 bridgehead atoms. The third-order valence-corrected chi connectivity index (χ3v) is 6.50. The number of aromatic amines is 1. The molecule has 198 valence electrons. The molecule has 1 unspecified atom stereocenters. The van der Waals surface area contributed by atoms with Gasteiger partial charge in [-0.05, 0) is 69.4 Å². The van der Waals surface area contributed by atoms with Crippen LogP contribution in [0.1, 0.15) is 82.2 Å². The molecule has 1 aromatic heterocycles. The first-order valence-electron chi connectivity index (χ1n) is 12.9. The molecule has 0 aliphatic heterocycles. The first-order valence-corrected chi connectivity index (χ1v) is 13.3. The number of benzene rings is 2. The summed E-state index contributed by atoms with van der Waals surface area (Å²) < 4.78 is 13.9. The lowest BCUT2D eigenvalue weighted by Crippen LogP contribution is -2.01. The van der Waals surface area contributed by atoms with E-state index in [4.69, 9.17) is 22.1 Å². The molecule has 3 rings (SSSR count). The van der Waals surface area contributed by atoms with Crippen molar-refractivity contribution < 1.29 is 4.39 Å². The van der Waals surface area contributed by atoms with Gasteiger partial charge in [-0.3, -0.25) is 0 Å². The Kier molecular flexibility index (Phi) is 12.0. The topological polar surface area (TPSA) is 75.7 Å². The minimum absolute atomic E-state index is 0.189. The fourth-order valence-corrected chi connectivity index (χ4v) is 4.30. The van der Waals surface area contributed by atoms with Crippen molar-refractivity contribution in [1.29, 1.82) is 10.5 Å². The van der Waals surface area contributed by atoms with Gasteiger partial charge in [-0.1, -0.05) is 74.7 Å². The summed E-state index contributed by atoms with van der Waals surface area (Å²) in [5, 5.41) is 18.5. The maximum Gasteiger partial charge on any atom is 0.143 e. The van der Waals surface area contributed by atoms with E-state index in [9.17, 15) is 4.39 Å². The van der Waals surface area contributed by atoms with Crippen LogP contribution in [-0.4, -0.2) is 10.7 Å². The predicted molar refractivity (Wildman–Crippen MR) is 157 cm³/mol. The number of halogens is 2. The van der Waals surface area contributed by atoms with Crippen LogP contribution in [0.15, 0.2) is 64.8 Å². The van der Waals surface area contributed by atoms with Gasteiger partial charge in [0.2, 0.25) is 0 Å². The van der Waals surface area contributed by atoms with Crippen LogP contribution >= 0.6 is 11.6 Å². The van der Waals surface area contributed by atoms with Crippen molar-refractivity contribution in [2.24, 2.45) is 4.99 Å². The Morgan fingerprint density at radius 3 is 2.39 bits per heavy atom. The van der Waals surface area contributed by atoms with E-state index in [-0.39, 0.29) is 22.5 Å². The molecule has 0 saturated heterocycles. The molecule has 0 fully saturated rings. The molecule has 3 aromatic rings. The molecule has 2 aromatic carbocycles. The highest BCUT2D eigenvalue weighted by molar-refractivity contribution is 6.31. The van der Waals surface area contributed by atoms with E-state index in [1.54, 1.807) is 13.0 Å². The predicted octanol–water partition coefficient (Wildman–Crippen LogP) is 9.50. The largest absolute Gasteiger partial charge is 0.358 e. The van der Waals surface area contributed by atoms with Gasteiger partial charge in [-0.15, -0.1) is 0 Å². The molecule has 6 heteroatoms. The molecule has 4 nitrogen and oxygen atoms in total. The number of aromatic nitrogens is 1. The van der Waals surface area contributed by atoms with Crippen molar-refractivity contribution in [3.8, 4) is 12.1 Å². The van der Waals surface area contributed by atoms with E-state index in [1.165, 1.54) is 34.5 Å². The van der Waals surface area contributed by atoms with Gasteiger partial charge < -0.3 is 4.98 Å². The summed E-state index contributed by atoms with van der Waals surface area (Å²) in [4.78, 5) is 7.52. The number of rotatable bonds is 8. The number of aryl methyl sites for hydroxylation is 2. The fraction of sp³-hybridized carbons (Fsp3) is 0.344. The maximum atomic E-state index is 13.9. The average Bonchev–Trinajstić information content (AvgIpc) is 3.24. The van der Waals surface area contributed by atoms with Crippen LogP contribution in [0.25, 0.3) is 10.9 Å². The van der Waals surface area contributed by atoms with Crippen LogP contribution < -0.4 is 0 Å². The fourth-order valence-electron chi connectivity index (χ4n) is 4.14. The van der Waals surface area contributed by atoms with Crippen molar-refractivity contribution in [3.05, 3.63) is 93.0 Å². The van der Waals surface area contributed by atoms with Crippen LogP contribution in [-0.2, 0) is 6.42 Å². The van der Waals surface area contributed by atoms with Gasteiger partial charge in [-0.2, -0.15) is 10.5 Å². The summed E-state index contributed by atoms with van der Waals surface area (Å²) in [6.45, 7) is 12.0. The minimum Gasteiger partial charge on any atom is -0.358 e. The number of aliphatic imine (C=N–C) groups is 1. The van der Waals surface area contributed by atoms with Crippen LogP contribution in [0.2, 0.25) is 5.02 Å². The number of nitrogens with one attached hydrogen (secondary N) is 1. The van der Waals surface area contributed by atoms with Crippen LogP contribution in [0.5, 0.6) is 0 Å². The van der Waals surface area contributed by atoms with Gasteiger partial charge >= 0.3 is 0 Å². The van der Waals surface area contributed by atoms with Gasteiger partial charge in [0.1, 0.15) is 17.6 Å². The summed E-state index contributed by atoms with van der Waals surface area (Å²) in [5.41, 5.74) is 7.33. The molecular formula is C32H36ClFN4. The monoisotopic (exact) mass is 530 g/mol. The Balaban J connectivity index is 0.000000312. The molecule has 1 heterocycles. The zero-order valence-electron chi connectivity index (χ0n) is 23.1. The minimum atomic E-state index is -0.373. The number of nitrogens with zero attached hydrogens (tertiary/aromatic N) is 3. The Labute approximate surface area is 231 Å². The molecule has 0 aliphatic carbocycles. The lowest BCUT2D eigenvalue weighted by atomic mass is 9.92. The number of hydrogen-bond acceptors (Lipinski definition) is 3. The molecule has 38 heavy (non-hydrogen) atoms. The number of hydrogen-bond donors (Lipinski definition) is 1. The maximum absolute atomic E-state index is 13.9. The van der Waals surface area contributed by atoms with E-state index in [2.05, 4.69) is 55.0 Å². The van der Waals surface area contributed by atoms with Crippen molar-refractivity contribution in [2.75, 3.05) is 0 Å². The number of fused-ring (bicyclic) bond motifs is 1. The third kappa shape index (κ3) is 8.44. The molecule has 0 amide bonds. The average molecular weight is 531 g/mol. The van der Waals surface area contributed by atoms with Crippen molar-refractivity contribution in [1.82, 2.24) is 4.98 Å². The summed E-state index contributed by atoms with van der Waals surface area (Å²) >= 11 is 6.03. The first kappa shape index (κ1) is 30.6. The summed E-state index contributed by atoms with van der Waals surface area (Å²) in [5.74, 6) is -0.145. The number of nitriles is 2. The summed E-state index contributed by atoms with van der Waals surface area (Å²) in [6, 6.07) is 15.8. The quantitative estimate of drug-likeness (QED) is 0.232. The second kappa shape index (κ2) is 14.9. The molecule has 0 aliphatic rings. The zero-order valence-corrected chi connectivity index (χ0v) is 23.9. The zero-order chi connectivity index (χ0) is 28.2. The lowest BCUT2D eigenvalue weighted by molar-refractivity contribution is 0.630. The van der Waals surface area contributed by atoms with E-state index < -0.39 is 0 Å². The molecule has 0 spiro atoms. The second-order valence-electron chi connectivity index (χ2n) is 9.37. The highest BCUT2D eigenvalue weighted by atomic mass is 35.5. The highest BCUT2D eigenvalue weighted by Gasteiger charge is 2.19. The Morgan fingerprint density at radius 2 is 1.82 bits per heavy atom. The molecule has 0 radical (unpaired) electrons. The third-order valence-electron chi connectivity index (χ3n) is 6.21. The van der Waals surface area contributed by atoms with Crippen LogP contribution in [0, 0.1) is 35.4 Å². The van der Waals surface area contributed by atoms with Gasteiger partial charge in [-0.25, -0.2) is 9.38 Å². The van der Waals surface area contributed by atoms with Gasteiger partial charge in [0.25, 0.3) is 0 Å². The molecule has 1 atom stereocenters. The SMILES string of the molecule is CC/C=C(C)/N=C(C#N)/C=C(\C)C#N.CCCCc1c(C(C)c2ccc(C)cc2)[nH]c2cc(F)c(Cl)cc12. The number of allylic oxidation sites excluding steroid dienone is 4. The lowest BCUT2D eigenvalue weighted by Gasteiger charge is -2.14. The Hall–Kier alpha value is -3.67. The van der Waals surface area contributed by atoms with E-state index in [0.29, 0.717) is 5.57 Å². The Bertz CT molecular complexity index is 1410. The van der Waals surface area contributed by atoms with Gasteiger partial charge in [0.15, 0.2) is 0 Å². The van der Waals surface area contributed by atoms with Gasteiger partial charge in [0.05, 0.1) is 11.1 Å². The van der Waals surface area contributed by atoms with E-state index >= 15 is 0 Å². The number of H-pyrrole nitrogens is 1. The van der Waals surface area contributed by atoms with Gasteiger partial charge in [0, 0.05) is 33.8 Å². The first-order chi connectivity index (χ1) is 18.1. The normalized spacial score (nSPS) is 12.9. The number of unbranched alkanes of at least 4 members (excludes halogenated alkanes) is 1. The molecule has 0 saturated carbocycles. The van der Waals surface area contributed by atoms with Crippen molar-refractivity contribution in [2.45, 2.75) is 73.1 Å². The molecule has 1 N–H and O–H groups in total. The summed E-state index contributed by atoms with van der Waals surface area (Å²) in [6.07, 6.45) is 7.49. The van der Waals surface area contributed by atoms with Crippen molar-refractivity contribution >= 4 is 28.2 Å². The smallest absolute Gasteiger partial charge is 0.143 e. The standard InChI is InChI=1S/C21H23ClFN.C11H13N3/c1-4-5-6-16-17-11-18(22)19(23)12-20(17)24-21(16)14(3)15-9-7-13(2)8-10-15;1-4-5-10(3)14-11(8-13)6-9(2)7-12/h7-12,14,24H,4-6H2,1-3H3;5-6H,4H2,1-3H3/b;9-6+,10-5+,14-11-. The van der Waals surface area contributed by atoms with Crippen molar-refractivity contribution in [3.63, 3.8) is 0 Å². The highest BCUT2D eigenvalue weighted by Crippen LogP contribution is 2.35.